The van der Waals surface area contributed by atoms with Crippen molar-refractivity contribution in [3.63, 3.8) is 0 Å². The van der Waals surface area contributed by atoms with Gasteiger partial charge < -0.3 is 17.7 Å². The lowest BCUT2D eigenvalue weighted by molar-refractivity contribution is 0.0971. The third kappa shape index (κ3) is 7.90. The first-order valence-corrected chi connectivity index (χ1v) is 4.40. The molecule has 13 heavy (non-hydrogen) atoms. The summed E-state index contributed by atoms with van der Waals surface area (Å²) in [4.78, 5) is 0. The number of methoxy groups -OCH3 is 1. The van der Waals surface area contributed by atoms with E-state index >= 15 is 0 Å². The number of ether oxygens (including phenoxy) is 1. The molecule has 0 heterocycles. The van der Waals surface area contributed by atoms with Gasteiger partial charge in [-0.2, -0.15) is 0 Å². The fourth-order valence-electron chi connectivity index (χ4n) is 1.04. The van der Waals surface area contributed by atoms with Gasteiger partial charge >= 0.3 is 6.98 Å². The monoisotopic (exact) mass is 195 g/mol. The Labute approximate surface area is 77.0 Å². The molecule has 0 spiro atoms. The smallest absolute Gasteiger partial charge is 0.445 e. The molecular weight excluding hydrogens is 180 g/mol. The lowest BCUT2D eigenvalue weighted by Gasteiger charge is -2.12. The van der Waals surface area contributed by atoms with Gasteiger partial charge in [-0.05, 0) is 12.8 Å². The van der Waals surface area contributed by atoms with E-state index in [1.807, 2.05) is 6.92 Å². The summed E-state index contributed by atoms with van der Waals surface area (Å²) < 4.78 is 40.2. The first kappa shape index (κ1) is 12.6. The second-order valence-corrected chi connectivity index (χ2v) is 2.94. The summed E-state index contributed by atoms with van der Waals surface area (Å²) in [5.41, 5.74) is 0. The highest BCUT2D eigenvalue weighted by Gasteiger charge is 2.17. The summed E-state index contributed by atoms with van der Waals surface area (Å²) in [5.74, 6) is 0.321. The van der Waals surface area contributed by atoms with Crippen LogP contribution in [0, 0.1) is 0 Å². The van der Waals surface area contributed by atoms with Crippen LogP contribution in [-0.4, -0.2) is 20.2 Å². The molecule has 0 aliphatic heterocycles. The van der Waals surface area contributed by atoms with E-state index in [0.29, 0.717) is 12.4 Å². The van der Waals surface area contributed by atoms with E-state index in [4.69, 9.17) is 4.74 Å². The summed E-state index contributed by atoms with van der Waals surface area (Å²) >= 11 is 0. The second-order valence-electron chi connectivity index (χ2n) is 2.94. The van der Waals surface area contributed by atoms with E-state index < -0.39 is 6.98 Å². The zero-order chi connectivity index (χ0) is 10.3. The highest BCUT2D eigenvalue weighted by molar-refractivity contribution is 6.64. The highest BCUT2D eigenvalue weighted by atomic mass is 19.4. The Kier molecular flexibility index (Phi) is 5.87. The average Bonchev–Trinajstić information content (AvgIpc) is 2.01. The SMILES string of the molecule is CCC[C@@H](C/C=C/[B-](F)(F)F)OC. The van der Waals surface area contributed by atoms with E-state index in [2.05, 4.69) is 0 Å². The van der Waals surface area contributed by atoms with Gasteiger partial charge in [-0.1, -0.05) is 13.3 Å². The standard InChI is InChI=1S/C8H15BF3O/c1-3-5-8(13-2)6-4-7-9(10,11)12/h4,7-8H,3,5-6H2,1-2H3/q-1/b7-4+/t8-/m0/s1. The minimum absolute atomic E-state index is 0.0839. The molecule has 0 radical (unpaired) electrons. The molecule has 5 heteroatoms. The fraction of sp³-hybridized carbons (Fsp3) is 0.750. The number of hydrogen-bond acceptors (Lipinski definition) is 1. The summed E-state index contributed by atoms with van der Waals surface area (Å²) in [6.07, 6.45) is 3.12. The fourth-order valence-corrected chi connectivity index (χ4v) is 1.04. The summed E-state index contributed by atoms with van der Waals surface area (Å²) in [5, 5.41) is 0. The Hall–Kier alpha value is -0.445. The number of rotatable bonds is 6. The van der Waals surface area contributed by atoms with E-state index in [0.717, 1.165) is 18.9 Å². The summed E-state index contributed by atoms with van der Waals surface area (Å²) in [7, 11) is 1.52. The van der Waals surface area contributed by atoms with E-state index in [1.54, 1.807) is 0 Å². The molecule has 0 fully saturated rings. The van der Waals surface area contributed by atoms with Crippen LogP contribution >= 0.6 is 0 Å². The third-order valence-electron chi connectivity index (χ3n) is 1.70. The maximum atomic E-state index is 11.7. The van der Waals surface area contributed by atoms with Crippen LogP contribution in [-0.2, 0) is 4.74 Å². The quantitative estimate of drug-likeness (QED) is 0.591. The van der Waals surface area contributed by atoms with Crippen molar-refractivity contribution in [2.24, 2.45) is 0 Å². The van der Waals surface area contributed by atoms with Crippen LogP contribution in [0.15, 0.2) is 12.1 Å². The Morgan fingerprint density at radius 2 is 2.00 bits per heavy atom. The van der Waals surface area contributed by atoms with Crippen LogP contribution < -0.4 is 0 Å². The maximum Gasteiger partial charge on any atom is 0.502 e. The second kappa shape index (κ2) is 6.08. The molecule has 0 amide bonds. The minimum atomic E-state index is -4.79. The average molecular weight is 195 g/mol. The largest absolute Gasteiger partial charge is 0.502 e. The lowest BCUT2D eigenvalue weighted by atomic mass is 9.91. The molecule has 1 atom stereocenters. The van der Waals surface area contributed by atoms with Gasteiger partial charge in [-0.15, -0.1) is 12.1 Å². The van der Waals surface area contributed by atoms with Crippen molar-refractivity contribution in [2.75, 3.05) is 7.11 Å². The molecule has 0 unspecified atom stereocenters. The molecule has 0 saturated carbocycles. The van der Waals surface area contributed by atoms with Crippen LogP contribution in [0.25, 0.3) is 0 Å². The zero-order valence-electron chi connectivity index (χ0n) is 7.97. The van der Waals surface area contributed by atoms with Crippen molar-refractivity contribution < 1.29 is 17.7 Å². The predicted octanol–water partition coefficient (Wildman–Crippen LogP) is 3.13. The molecule has 0 saturated heterocycles. The Bertz CT molecular complexity index is 156. The van der Waals surface area contributed by atoms with Crippen molar-refractivity contribution in [2.45, 2.75) is 32.3 Å². The molecule has 0 N–H and O–H groups in total. The van der Waals surface area contributed by atoms with Gasteiger partial charge in [0.1, 0.15) is 0 Å². The van der Waals surface area contributed by atoms with Gasteiger partial charge in [0.15, 0.2) is 0 Å². The molecular formula is C8H15BF3O-. The molecule has 0 aliphatic rings. The number of hydrogen-bond donors (Lipinski definition) is 0. The number of halogens is 3. The molecule has 0 aromatic heterocycles. The molecule has 0 aliphatic carbocycles. The van der Waals surface area contributed by atoms with Crippen LogP contribution in [0.4, 0.5) is 12.9 Å². The van der Waals surface area contributed by atoms with Gasteiger partial charge in [0, 0.05) is 7.11 Å². The molecule has 0 aromatic rings. The molecule has 0 aromatic carbocycles. The predicted molar refractivity (Wildman–Crippen MR) is 48.5 cm³/mol. The van der Waals surface area contributed by atoms with Crippen molar-refractivity contribution in [3.05, 3.63) is 12.1 Å². The summed E-state index contributed by atoms with van der Waals surface area (Å²) in [6, 6.07) is 0. The van der Waals surface area contributed by atoms with Crippen LogP contribution in [0.3, 0.4) is 0 Å². The topological polar surface area (TPSA) is 9.23 Å². The van der Waals surface area contributed by atoms with Crippen LogP contribution in [0.1, 0.15) is 26.2 Å². The summed E-state index contributed by atoms with van der Waals surface area (Å²) in [6.45, 7) is -2.81. The van der Waals surface area contributed by atoms with E-state index in [1.165, 1.54) is 7.11 Å². The minimum Gasteiger partial charge on any atom is -0.445 e. The van der Waals surface area contributed by atoms with Crippen molar-refractivity contribution in [1.29, 1.82) is 0 Å². The first-order valence-electron chi connectivity index (χ1n) is 4.40. The highest BCUT2D eigenvalue weighted by Crippen LogP contribution is 2.12. The molecule has 78 valence electrons. The third-order valence-corrected chi connectivity index (χ3v) is 1.70. The maximum absolute atomic E-state index is 11.7. The van der Waals surface area contributed by atoms with E-state index in [-0.39, 0.29) is 6.10 Å². The Morgan fingerprint density at radius 3 is 2.38 bits per heavy atom. The van der Waals surface area contributed by atoms with Gasteiger partial charge in [-0.3, -0.25) is 0 Å². The Morgan fingerprint density at radius 1 is 1.38 bits per heavy atom. The molecule has 0 rings (SSSR count). The van der Waals surface area contributed by atoms with Gasteiger partial charge in [0.2, 0.25) is 0 Å². The van der Waals surface area contributed by atoms with Gasteiger partial charge in [0.05, 0.1) is 6.10 Å². The van der Waals surface area contributed by atoms with Gasteiger partial charge in [-0.25, -0.2) is 0 Å². The lowest BCUT2D eigenvalue weighted by Crippen LogP contribution is -2.12. The van der Waals surface area contributed by atoms with Crippen LogP contribution in [0.5, 0.6) is 0 Å². The Balaban J connectivity index is 3.77. The van der Waals surface area contributed by atoms with E-state index in [9.17, 15) is 12.9 Å². The van der Waals surface area contributed by atoms with Crippen molar-refractivity contribution in [3.8, 4) is 0 Å². The molecule has 1 nitrogen and oxygen atoms in total. The van der Waals surface area contributed by atoms with Crippen molar-refractivity contribution >= 4 is 6.98 Å². The zero-order valence-corrected chi connectivity index (χ0v) is 7.97. The van der Waals surface area contributed by atoms with Crippen LogP contribution in [0.2, 0.25) is 0 Å². The normalized spacial score (nSPS) is 15.2. The van der Waals surface area contributed by atoms with Gasteiger partial charge in [0.25, 0.3) is 0 Å². The molecule has 0 bridgehead atoms. The first-order chi connectivity index (χ1) is 5.99. The van der Waals surface area contributed by atoms with Crippen molar-refractivity contribution in [1.82, 2.24) is 0 Å².